The molecule has 0 aliphatic heterocycles. The van der Waals surface area contributed by atoms with Gasteiger partial charge < -0.3 is 16.0 Å². The van der Waals surface area contributed by atoms with Gasteiger partial charge in [0.15, 0.2) is 0 Å². The zero-order chi connectivity index (χ0) is 13.2. The van der Waals surface area contributed by atoms with E-state index >= 15 is 0 Å². The van der Waals surface area contributed by atoms with Gasteiger partial charge in [0.2, 0.25) is 0 Å². The Labute approximate surface area is 114 Å². The molecule has 1 rings (SSSR count). The van der Waals surface area contributed by atoms with E-state index in [2.05, 4.69) is 51.8 Å². The number of anilines is 1. The average Bonchev–Trinajstić information content (AvgIpc) is 2.41. The predicted molar refractivity (Wildman–Crippen MR) is 80.4 cm³/mol. The number of rotatable bonds is 8. The number of aliphatic imine (C=N–C) groups is 1. The van der Waals surface area contributed by atoms with Gasteiger partial charge >= 0.3 is 0 Å². The van der Waals surface area contributed by atoms with Gasteiger partial charge in [0.05, 0.1) is 11.7 Å². The molecule has 0 bridgehead atoms. The van der Waals surface area contributed by atoms with Crippen molar-refractivity contribution in [2.75, 3.05) is 38.1 Å². The Morgan fingerprint density at radius 1 is 1.44 bits per heavy atom. The molecule has 1 aromatic rings. The normalized spacial score (nSPS) is 9.89. The lowest BCUT2D eigenvalue weighted by atomic mass is 10.2. The Bertz CT molecular complexity index is 402. The van der Waals surface area contributed by atoms with E-state index < -0.39 is 0 Å². The van der Waals surface area contributed by atoms with Gasteiger partial charge in [-0.1, -0.05) is 12.1 Å². The summed E-state index contributed by atoms with van der Waals surface area (Å²) in [5.41, 5.74) is 7.75. The summed E-state index contributed by atoms with van der Waals surface area (Å²) in [6.45, 7) is 4.00. The summed E-state index contributed by atoms with van der Waals surface area (Å²) in [5.74, 6) is 0. The maximum Gasteiger partial charge on any atom is 0.0744 e. The van der Waals surface area contributed by atoms with Crippen LogP contribution in [-0.2, 0) is 6.54 Å². The van der Waals surface area contributed by atoms with E-state index in [1.807, 2.05) is 12.1 Å². The summed E-state index contributed by atoms with van der Waals surface area (Å²) in [4.78, 5) is 6.15. The fourth-order valence-electron chi connectivity index (χ4n) is 1.62. The molecule has 0 spiro atoms. The molecule has 0 aromatic heterocycles. The molecule has 18 heavy (non-hydrogen) atoms. The van der Waals surface area contributed by atoms with Crippen LogP contribution in [0.25, 0.3) is 0 Å². The molecule has 0 heterocycles. The van der Waals surface area contributed by atoms with E-state index in [4.69, 9.17) is 5.73 Å². The van der Waals surface area contributed by atoms with Crippen LogP contribution in [0.15, 0.2) is 29.3 Å². The van der Waals surface area contributed by atoms with Crippen molar-refractivity contribution in [1.29, 1.82) is 0 Å². The van der Waals surface area contributed by atoms with E-state index in [1.165, 1.54) is 5.69 Å². The van der Waals surface area contributed by atoms with Gasteiger partial charge in [-0.2, -0.15) is 0 Å². The van der Waals surface area contributed by atoms with Crippen LogP contribution < -0.4 is 16.0 Å². The Kier molecular flexibility index (Phi) is 7.22. The minimum atomic E-state index is 0.594. The van der Waals surface area contributed by atoms with Crippen molar-refractivity contribution in [1.82, 2.24) is 5.32 Å². The van der Waals surface area contributed by atoms with E-state index in [0.717, 1.165) is 25.2 Å². The van der Waals surface area contributed by atoms with Crippen molar-refractivity contribution >= 4 is 23.1 Å². The SMILES string of the molecule is CN(CCNCCN)c1cccc(CN=C=S)c1. The summed E-state index contributed by atoms with van der Waals surface area (Å²) in [6.07, 6.45) is 0. The van der Waals surface area contributed by atoms with E-state index in [1.54, 1.807) is 0 Å². The van der Waals surface area contributed by atoms with Crippen LogP contribution in [0.2, 0.25) is 0 Å². The molecule has 0 fully saturated rings. The fourth-order valence-corrected chi connectivity index (χ4v) is 1.68. The molecule has 3 N–H and O–H groups in total. The fraction of sp³-hybridized carbons (Fsp3) is 0.462. The molecule has 0 amide bonds. The smallest absolute Gasteiger partial charge is 0.0744 e. The summed E-state index contributed by atoms with van der Waals surface area (Å²) in [5, 5.41) is 5.66. The molecule has 0 aliphatic carbocycles. The molecular weight excluding hydrogens is 244 g/mol. The molecule has 0 unspecified atom stereocenters. The van der Waals surface area contributed by atoms with Gasteiger partial charge in [-0.25, -0.2) is 4.99 Å². The van der Waals surface area contributed by atoms with Gasteiger partial charge in [-0.15, -0.1) is 0 Å². The third-order valence-corrected chi connectivity index (χ3v) is 2.75. The van der Waals surface area contributed by atoms with Crippen molar-refractivity contribution < 1.29 is 0 Å². The molecular formula is C13H20N4S. The first kappa shape index (κ1) is 14.8. The summed E-state index contributed by atoms with van der Waals surface area (Å²) in [7, 11) is 2.08. The highest BCUT2D eigenvalue weighted by molar-refractivity contribution is 7.78. The number of benzene rings is 1. The van der Waals surface area contributed by atoms with Gasteiger partial charge in [0, 0.05) is 38.9 Å². The van der Waals surface area contributed by atoms with Gasteiger partial charge in [0.25, 0.3) is 0 Å². The Morgan fingerprint density at radius 3 is 3.00 bits per heavy atom. The van der Waals surface area contributed by atoms with Crippen LogP contribution in [0.4, 0.5) is 5.69 Å². The van der Waals surface area contributed by atoms with Crippen LogP contribution in [0.3, 0.4) is 0 Å². The highest BCUT2D eigenvalue weighted by Crippen LogP contribution is 2.14. The van der Waals surface area contributed by atoms with Crippen LogP contribution in [0.5, 0.6) is 0 Å². The summed E-state index contributed by atoms with van der Waals surface area (Å²) in [6, 6.07) is 8.29. The van der Waals surface area contributed by atoms with Crippen molar-refractivity contribution in [2.45, 2.75) is 6.54 Å². The predicted octanol–water partition coefficient (Wildman–Crippen LogP) is 1.27. The third kappa shape index (κ3) is 5.38. The number of hydrogen-bond donors (Lipinski definition) is 2. The molecule has 0 radical (unpaired) electrons. The third-order valence-electron chi connectivity index (χ3n) is 2.62. The monoisotopic (exact) mass is 264 g/mol. The zero-order valence-corrected chi connectivity index (χ0v) is 11.5. The van der Waals surface area contributed by atoms with E-state index in [0.29, 0.717) is 13.1 Å². The molecule has 4 nitrogen and oxygen atoms in total. The summed E-state index contributed by atoms with van der Waals surface area (Å²) >= 11 is 4.57. The molecule has 1 aromatic carbocycles. The first-order chi connectivity index (χ1) is 8.77. The zero-order valence-electron chi connectivity index (χ0n) is 10.7. The molecule has 98 valence electrons. The average molecular weight is 264 g/mol. The lowest BCUT2D eigenvalue weighted by Crippen LogP contribution is -2.31. The van der Waals surface area contributed by atoms with Crippen LogP contribution in [-0.4, -0.2) is 38.4 Å². The summed E-state index contributed by atoms with van der Waals surface area (Å²) < 4.78 is 0. The Hall–Kier alpha value is -1.26. The second-order valence-electron chi connectivity index (χ2n) is 4.04. The van der Waals surface area contributed by atoms with Crippen LogP contribution in [0.1, 0.15) is 5.56 Å². The molecule has 0 saturated carbocycles. The quantitative estimate of drug-likeness (QED) is 0.422. The van der Waals surface area contributed by atoms with Crippen LogP contribution in [0, 0.1) is 0 Å². The first-order valence-electron chi connectivity index (χ1n) is 6.02. The second-order valence-corrected chi connectivity index (χ2v) is 4.22. The van der Waals surface area contributed by atoms with Gasteiger partial charge in [0.1, 0.15) is 0 Å². The van der Waals surface area contributed by atoms with Gasteiger partial charge in [-0.05, 0) is 29.9 Å². The number of thiocarbonyl (C=S) groups is 1. The van der Waals surface area contributed by atoms with Gasteiger partial charge in [-0.3, -0.25) is 0 Å². The Morgan fingerprint density at radius 2 is 2.28 bits per heavy atom. The van der Waals surface area contributed by atoms with Crippen LogP contribution >= 0.6 is 12.2 Å². The molecule has 5 heteroatoms. The Balaban J connectivity index is 2.51. The minimum Gasteiger partial charge on any atom is -0.373 e. The highest BCUT2D eigenvalue weighted by atomic mass is 32.1. The molecule has 0 aliphatic rings. The standard InChI is InChI=1S/C13H20N4S/c1-17(8-7-15-6-5-14)13-4-2-3-12(9-13)10-16-11-18/h2-4,9,15H,5-8,10,14H2,1H3. The second kappa shape index (κ2) is 8.78. The van der Waals surface area contributed by atoms with E-state index in [-0.39, 0.29) is 0 Å². The molecule has 0 atom stereocenters. The van der Waals surface area contributed by atoms with Crippen molar-refractivity contribution in [2.24, 2.45) is 10.7 Å². The highest BCUT2D eigenvalue weighted by Gasteiger charge is 2.01. The number of nitrogens with two attached hydrogens (primary N) is 1. The number of nitrogens with zero attached hydrogens (tertiary/aromatic N) is 2. The lowest BCUT2D eigenvalue weighted by molar-refractivity contribution is 0.682. The first-order valence-corrected chi connectivity index (χ1v) is 6.43. The topological polar surface area (TPSA) is 53.6 Å². The maximum absolute atomic E-state index is 5.42. The molecule has 0 saturated heterocycles. The van der Waals surface area contributed by atoms with Crippen molar-refractivity contribution in [3.05, 3.63) is 29.8 Å². The number of likely N-dealkylation sites (N-methyl/N-ethyl adjacent to an activating group) is 1. The largest absolute Gasteiger partial charge is 0.373 e. The number of isothiocyanates is 1. The lowest BCUT2D eigenvalue weighted by Gasteiger charge is -2.20. The number of nitrogens with one attached hydrogen (secondary N) is 1. The van der Waals surface area contributed by atoms with Crippen molar-refractivity contribution in [3.8, 4) is 0 Å². The van der Waals surface area contributed by atoms with Crippen molar-refractivity contribution in [3.63, 3.8) is 0 Å². The minimum absolute atomic E-state index is 0.594. The van der Waals surface area contributed by atoms with E-state index in [9.17, 15) is 0 Å². The maximum atomic E-state index is 5.42. The number of hydrogen-bond acceptors (Lipinski definition) is 5.